The molecule has 0 saturated carbocycles. The first kappa shape index (κ1) is 32.9. The van der Waals surface area contributed by atoms with Crippen LogP contribution < -0.4 is 48.1 Å². The van der Waals surface area contributed by atoms with Crippen molar-refractivity contribution < 1.29 is 37.7 Å². The van der Waals surface area contributed by atoms with Gasteiger partial charge in [-0.05, 0) is 46.6 Å². The topological polar surface area (TPSA) is 0 Å². The third-order valence-corrected chi connectivity index (χ3v) is 8.17. The van der Waals surface area contributed by atoms with Crippen LogP contribution in [0.5, 0.6) is 0 Å². The molecule has 0 fully saturated rings. The van der Waals surface area contributed by atoms with Gasteiger partial charge in [-0.25, -0.2) is 10.4 Å². The molecule has 0 aliphatic rings. The first-order valence-corrected chi connectivity index (χ1v) is 13.5. The van der Waals surface area contributed by atoms with E-state index in [2.05, 4.69) is 107 Å². The van der Waals surface area contributed by atoms with Gasteiger partial charge in [0.05, 0.1) is 0 Å². The molecule has 0 aliphatic carbocycles. The zero-order valence-corrected chi connectivity index (χ0v) is 25.3. The van der Waals surface area contributed by atoms with Crippen LogP contribution in [-0.4, -0.2) is 9.52 Å². The van der Waals surface area contributed by atoms with Gasteiger partial charge in [0.2, 0.25) is 0 Å². The van der Waals surface area contributed by atoms with Crippen LogP contribution in [0.2, 0.25) is 0 Å². The van der Waals surface area contributed by atoms with E-state index >= 15 is 0 Å². The zero-order valence-electron chi connectivity index (χ0n) is 24.3. The van der Waals surface area contributed by atoms with Crippen LogP contribution in [0.4, 0.5) is 0 Å². The fourth-order valence-corrected chi connectivity index (χ4v) is 6.60. The van der Waals surface area contributed by atoms with Crippen LogP contribution >= 0.6 is 0 Å². The van der Waals surface area contributed by atoms with Crippen molar-refractivity contribution in [2.24, 2.45) is 0 Å². The minimum absolute atomic E-state index is 0. The van der Waals surface area contributed by atoms with E-state index in [1.807, 2.05) is 0 Å². The average Bonchev–Trinajstić information content (AvgIpc) is 2.66. The summed E-state index contributed by atoms with van der Waals surface area (Å²) >= 11 is 0. The minimum Gasteiger partial charge on any atom is -0.395 e. The third kappa shape index (κ3) is 7.92. The zero-order chi connectivity index (χ0) is 23.6. The van der Waals surface area contributed by atoms with Gasteiger partial charge in [0.15, 0.2) is 0 Å². The second-order valence-corrected chi connectivity index (χ2v) is 12.5. The molecule has 0 nitrogen and oxygen atoms in total. The van der Waals surface area contributed by atoms with Crippen molar-refractivity contribution in [3.8, 4) is 0 Å². The van der Waals surface area contributed by atoms with Crippen LogP contribution in [0.3, 0.4) is 0 Å². The molecule has 2 aromatic carbocycles. The molecule has 0 aliphatic heterocycles. The summed E-state index contributed by atoms with van der Waals surface area (Å²) in [7, 11) is 0.723. The van der Waals surface area contributed by atoms with Crippen molar-refractivity contribution in [3.63, 3.8) is 0 Å². The second kappa shape index (κ2) is 13.8. The SMILES string of the molecule is CC(C)c1cc(C(C)C)c([Si-]c2c(C(C)C)cc(C(C)C)cc2C(C)C)c(C(C)C)c1.[Li+].[Li+]. The molecular weight excluding hydrogens is 402 g/mol. The van der Waals surface area contributed by atoms with Gasteiger partial charge in [-0.1, -0.05) is 130 Å². The molecule has 2 aromatic rings. The number of hydrogen-bond acceptors (Lipinski definition) is 0. The standard InChI is InChI=1S/C30H46Si.2Li/c1-17(2)23-13-25(19(5)6)29(26(14-23)20(7)8)31-30-27(21(9)10)15-24(18(3)4)16-28(30)22(11)12;;/h13-22H,1-12H3;;/q-1;2*+1. The van der Waals surface area contributed by atoms with Gasteiger partial charge in [0.1, 0.15) is 0 Å². The average molecular weight is 449 g/mol. The molecule has 0 bridgehead atoms. The van der Waals surface area contributed by atoms with E-state index in [0.717, 1.165) is 9.52 Å². The van der Waals surface area contributed by atoms with Gasteiger partial charge < -0.3 is 9.52 Å². The van der Waals surface area contributed by atoms with E-state index in [9.17, 15) is 0 Å². The Balaban J connectivity index is 0.00000512. The summed E-state index contributed by atoms with van der Waals surface area (Å²) in [4.78, 5) is 0. The normalized spacial score (nSPS) is 11.6. The summed E-state index contributed by atoms with van der Waals surface area (Å²) in [6.07, 6.45) is 0. The minimum atomic E-state index is 0. The van der Waals surface area contributed by atoms with Crippen LogP contribution in [0.25, 0.3) is 0 Å². The predicted molar refractivity (Wildman–Crippen MR) is 142 cm³/mol. The Bertz CT molecular complexity index is 761. The summed E-state index contributed by atoms with van der Waals surface area (Å²) in [5, 5.41) is 3.21. The Labute approximate surface area is 232 Å². The monoisotopic (exact) mass is 448 g/mol. The Morgan fingerprint density at radius 3 is 0.758 bits per heavy atom. The second-order valence-electron chi connectivity index (χ2n) is 11.2. The molecule has 0 N–H and O–H groups in total. The van der Waals surface area contributed by atoms with Crippen molar-refractivity contribution in [1.82, 2.24) is 0 Å². The Hall–Kier alpha value is -0.148. The van der Waals surface area contributed by atoms with E-state index in [1.165, 1.54) is 11.1 Å². The van der Waals surface area contributed by atoms with Gasteiger partial charge >= 0.3 is 37.7 Å². The molecule has 1 radical (unpaired) electrons. The predicted octanol–water partition coefficient (Wildman–Crippen LogP) is 2.09. The molecule has 0 unspecified atom stereocenters. The van der Waals surface area contributed by atoms with Gasteiger partial charge in [-0.15, -0.1) is 0 Å². The maximum absolute atomic E-state index is 2.51. The summed E-state index contributed by atoms with van der Waals surface area (Å²) < 4.78 is 0. The van der Waals surface area contributed by atoms with Gasteiger partial charge in [0.25, 0.3) is 0 Å². The molecule has 171 valence electrons. The van der Waals surface area contributed by atoms with Gasteiger partial charge in [-0.3, -0.25) is 0 Å². The van der Waals surface area contributed by atoms with Crippen LogP contribution in [0.1, 0.15) is 152 Å². The van der Waals surface area contributed by atoms with Crippen molar-refractivity contribution in [3.05, 3.63) is 57.6 Å². The quantitative estimate of drug-likeness (QED) is 0.543. The first-order valence-electron chi connectivity index (χ1n) is 12.5. The van der Waals surface area contributed by atoms with Crippen LogP contribution in [0.15, 0.2) is 24.3 Å². The Kier molecular flexibility index (Phi) is 13.7. The summed E-state index contributed by atoms with van der Waals surface area (Å²) in [5.74, 6) is 3.29. The van der Waals surface area contributed by atoms with E-state index in [0.29, 0.717) is 35.5 Å². The fourth-order valence-electron chi connectivity index (χ4n) is 4.33. The molecule has 3 heteroatoms. The molecule has 0 spiro atoms. The number of hydrogen-bond donors (Lipinski definition) is 0. The maximum atomic E-state index is 2.51. The molecule has 33 heavy (non-hydrogen) atoms. The summed E-state index contributed by atoms with van der Waals surface area (Å²) in [5.41, 5.74) is 9.22. The van der Waals surface area contributed by atoms with E-state index in [4.69, 9.17) is 0 Å². The molecule has 0 saturated heterocycles. The Morgan fingerprint density at radius 2 is 0.606 bits per heavy atom. The number of rotatable bonds is 8. The molecular formula is C30H46Li2Si+. The molecule has 0 aromatic heterocycles. The van der Waals surface area contributed by atoms with Crippen molar-refractivity contribution in [2.75, 3.05) is 0 Å². The summed E-state index contributed by atoms with van der Waals surface area (Å²) in [6.45, 7) is 28.2. The fraction of sp³-hybridized carbons (Fsp3) is 0.600. The molecule has 0 atom stereocenters. The Morgan fingerprint density at radius 1 is 0.394 bits per heavy atom. The molecule has 0 amide bonds. The van der Waals surface area contributed by atoms with E-state index in [-0.39, 0.29) is 37.7 Å². The van der Waals surface area contributed by atoms with Crippen molar-refractivity contribution >= 4 is 19.9 Å². The maximum Gasteiger partial charge on any atom is 1.00 e. The molecule has 0 heterocycles. The van der Waals surface area contributed by atoms with E-state index in [1.54, 1.807) is 32.6 Å². The number of benzene rings is 2. The molecule has 2 rings (SSSR count). The van der Waals surface area contributed by atoms with Crippen LogP contribution in [-0.2, 0) is 0 Å². The van der Waals surface area contributed by atoms with Gasteiger partial charge in [-0.2, -0.15) is 0 Å². The smallest absolute Gasteiger partial charge is 0.395 e. The largest absolute Gasteiger partial charge is 1.00 e. The first-order chi connectivity index (χ1) is 14.3. The third-order valence-electron chi connectivity index (χ3n) is 6.51. The van der Waals surface area contributed by atoms with E-state index < -0.39 is 0 Å². The van der Waals surface area contributed by atoms with Gasteiger partial charge in [0, 0.05) is 0 Å². The van der Waals surface area contributed by atoms with Crippen LogP contribution in [0, 0.1) is 0 Å². The summed E-state index contributed by atoms with van der Waals surface area (Å²) in [6, 6.07) is 10.0. The van der Waals surface area contributed by atoms with Crippen molar-refractivity contribution in [1.29, 1.82) is 0 Å². The van der Waals surface area contributed by atoms with Crippen molar-refractivity contribution in [2.45, 2.75) is 119 Å².